The Morgan fingerprint density at radius 2 is 2.26 bits per heavy atom. The van der Waals surface area contributed by atoms with Gasteiger partial charge in [0.15, 0.2) is 0 Å². The summed E-state index contributed by atoms with van der Waals surface area (Å²) in [7, 11) is 0. The van der Waals surface area contributed by atoms with E-state index >= 15 is 0 Å². The maximum atomic E-state index is 11.1. The molecule has 0 saturated carbocycles. The van der Waals surface area contributed by atoms with E-state index in [9.17, 15) is 4.79 Å². The number of hydrogen-bond acceptors (Lipinski definition) is 4. The van der Waals surface area contributed by atoms with Crippen LogP contribution in [0.2, 0.25) is 0 Å². The number of nitrogens with zero attached hydrogens (tertiary/aromatic N) is 1. The average Bonchev–Trinajstić information content (AvgIpc) is 2.77. The molecule has 1 N–H and O–H groups in total. The van der Waals surface area contributed by atoms with E-state index in [0.717, 1.165) is 10.0 Å². The van der Waals surface area contributed by atoms with Crippen molar-refractivity contribution in [1.82, 2.24) is 4.98 Å². The second-order valence-corrected chi connectivity index (χ2v) is 4.62. The van der Waals surface area contributed by atoms with Gasteiger partial charge in [0.2, 0.25) is 11.6 Å². The molecule has 0 aliphatic rings. The van der Waals surface area contributed by atoms with Gasteiger partial charge < -0.3 is 14.3 Å². The monoisotopic (exact) mass is 325 g/mol. The Bertz CT molecular complexity index is 621. The first-order chi connectivity index (χ1) is 9.04. The minimum absolute atomic E-state index is 0.0709. The van der Waals surface area contributed by atoms with Crippen LogP contribution in [0.3, 0.4) is 0 Å². The van der Waals surface area contributed by atoms with Gasteiger partial charge in [-0.05, 0) is 41.4 Å². The molecule has 0 amide bonds. The highest BCUT2D eigenvalue weighted by atomic mass is 79.9. The highest BCUT2D eigenvalue weighted by Gasteiger charge is 2.22. The predicted octanol–water partition coefficient (Wildman–Crippen LogP) is 3.51. The first-order valence-corrected chi connectivity index (χ1v) is 6.46. The van der Waals surface area contributed by atoms with Crippen LogP contribution < -0.4 is 4.74 Å². The summed E-state index contributed by atoms with van der Waals surface area (Å²) in [5, 5.41) is 9.06. The SMILES string of the molecule is CCOc1oc(-c2cccc(C)c2Br)nc1C(=O)O. The molecule has 0 aliphatic carbocycles. The van der Waals surface area contributed by atoms with Crippen molar-refractivity contribution in [3.05, 3.63) is 33.9 Å². The van der Waals surface area contributed by atoms with Crippen LogP contribution in [0.5, 0.6) is 5.95 Å². The van der Waals surface area contributed by atoms with Gasteiger partial charge in [-0.2, -0.15) is 4.98 Å². The van der Waals surface area contributed by atoms with Crippen molar-refractivity contribution >= 4 is 21.9 Å². The molecule has 2 rings (SSSR count). The van der Waals surface area contributed by atoms with Crippen LogP contribution in [0, 0.1) is 6.92 Å². The van der Waals surface area contributed by atoms with E-state index < -0.39 is 5.97 Å². The largest absolute Gasteiger partial charge is 0.476 e. The minimum atomic E-state index is -1.18. The highest BCUT2D eigenvalue weighted by molar-refractivity contribution is 9.10. The molecular weight excluding hydrogens is 314 g/mol. The minimum Gasteiger partial charge on any atom is -0.476 e. The van der Waals surface area contributed by atoms with Gasteiger partial charge in [0.05, 0.1) is 12.2 Å². The van der Waals surface area contributed by atoms with E-state index in [0.29, 0.717) is 12.2 Å². The lowest BCUT2D eigenvalue weighted by molar-refractivity contribution is 0.0683. The number of aryl methyl sites for hydroxylation is 1. The zero-order valence-corrected chi connectivity index (χ0v) is 12.0. The van der Waals surface area contributed by atoms with Crippen molar-refractivity contribution in [1.29, 1.82) is 0 Å². The Morgan fingerprint density at radius 3 is 2.89 bits per heavy atom. The summed E-state index contributed by atoms with van der Waals surface area (Å²) in [6, 6.07) is 5.57. The topological polar surface area (TPSA) is 72.6 Å². The third-order valence-electron chi connectivity index (χ3n) is 2.50. The number of benzene rings is 1. The number of halogens is 1. The Labute approximate surface area is 118 Å². The molecule has 100 valence electrons. The van der Waals surface area contributed by atoms with Gasteiger partial charge in [-0.1, -0.05) is 12.1 Å². The lowest BCUT2D eigenvalue weighted by Gasteiger charge is -2.02. The van der Waals surface area contributed by atoms with Crippen LogP contribution in [0.1, 0.15) is 23.0 Å². The standard InChI is InChI=1S/C13H12BrNO4/c1-3-18-13-10(12(16)17)15-11(19-13)8-6-4-5-7(2)9(8)14/h4-6H,3H2,1-2H3,(H,16,17). The third-order valence-corrected chi connectivity index (χ3v) is 3.55. The normalized spacial score (nSPS) is 10.5. The number of carboxylic acids is 1. The highest BCUT2D eigenvalue weighted by Crippen LogP contribution is 2.33. The van der Waals surface area contributed by atoms with E-state index in [1.165, 1.54) is 0 Å². The summed E-state index contributed by atoms with van der Waals surface area (Å²) in [4.78, 5) is 15.1. The van der Waals surface area contributed by atoms with Crippen LogP contribution >= 0.6 is 15.9 Å². The van der Waals surface area contributed by atoms with Gasteiger partial charge >= 0.3 is 11.9 Å². The van der Waals surface area contributed by atoms with Crippen LogP contribution in [0.4, 0.5) is 0 Å². The number of rotatable bonds is 4. The number of hydrogen-bond donors (Lipinski definition) is 1. The number of ether oxygens (including phenoxy) is 1. The molecule has 2 aromatic rings. The van der Waals surface area contributed by atoms with Crippen LogP contribution in [0.25, 0.3) is 11.5 Å². The summed E-state index contributed by atoms with van der Waals surface area (Å²) < 4.78 is 11.4. The van der Waals surface area contributed by atoms with Gasteiger partial charge in [0.1, 0.15) is 0 Å². The molecule has 1 aromatic heterocycles. The lowest BCUT2D eigenvalue weighted by atomic mass is 10.1. The maximum absolute atomic E-state index is 11.1. The summed E-state index contributed by atoms with van der Waals surface area (Å²) in [5.41, 5.74) is 1.48. The Morgan fingerprint density at radius 1 is 1.53 bits per heavy atom. The summed E-state index contributed by atoms with van der Waals surface area (Å²) in [6.07, 6.45) is 0. The first-order valence-electron chi connectivity index (χ1n) is 5.67. The number of aromatic nitrogens is 1. The molecular formula is C13H12BrNO4. The molecule has 0 saturated heterocycles. The fourth-order valence-electron chi connectivity index (χ4n) is 1.60. The Balaban J connectivity index is 2.54. The predicted molar refractivity (Wildman–Crippen MR) is 72.5 cm³/mol. The van der Waals surface area contributed by atoms with E-state index in [1.54, 1.807) is 13.0 Å². The number of aromatic carboxylic acids is 1. The molecule has 0 aliphatic heterocycles. The third kappa shape index (κ3) is 2.63. The molecule has 0 bridgehead atoms. The smallest absolute Gasteiger partial charge is 0.362 e. The van der Waals surface area contributed by atoms with Gasteiger partial charge in [-0.25, -0.2) is 4.79 Å². The number of carboxylic acid groups (broad SMARTS) is 1. The fourth-order valence-corrected chi connectivity index (χ4v) is 2.03. The van der Waals surface area contributed by atoms with Crippen molar-refractivity contribution in [2.75, 3.05) is 6.61 Å². The van der Waals surface area contributed by atoms with E-state index in [1.807, 2.05) is 19.1 Å². The first kappa shape index (κ1) is 13.6. The molecule has 0 radical (unpaired) electrons. The van der Waals surface area contributed by atoms with Crippen LogP contribution in [-0.2, 0) is 0 Å². The Hall–Kier alpha value is -1.82. The lowest BCUT2D eigenvalue weighted by Crippen LogP contribution is -2.01. The zero-order valence-electron chi connectivity index (χ0n) is 10.4. The van der Waals surface area contributed by atoms with Gasteiger partial charge in [-0.15, -0.1) is 0 Å². The molecule has 19 heavy (non-hydrogen) atoms. The molecule has 0 unspecified atom stereocenters. The van der Waals surface area contributed by atoms with Crippen molar-refractivity contribution in [2.45, 2.75) is 13.8 Å². The maximum Gasteiger partial charge on any atom is 0.362 e. The van der Waals surface area contributed by atoms with Crippen molar-refractivity contribution in [3.8, 4) is 17.4 Å². The summed E-state index contributed by atoms with van der Waals surface area (Å²) in [5.74, 6) is -1.03. The van der Waals surface area contributed by atoms with E-state index in [2.05, 4.69) is 20.9 Å². The molecule has 6 heteroatoms. The zero-order chi connectivity index (χ0) is 14.0. The molecule has 0 spiro atoms. The van der Waals surface area contributed by atoms with Gasteiger partial charge in [0.25, 0.3) is 0 Å². The summed E-state index contributed by atoms with van der Waals surface area (Å²) in [6.45, 7) is 3.98. The fraction of sp³-hybridized carbons (Fsp3) is 0.231. The second kappa shape index (κ2) is 5.44. The van der Waals surface area contributed by atoms with Crippen molar-refractivity contribution in [2.24, 2.45) is 0 Å². The second-order valence-electron chi connectivity index (χ2n) is 3.83. The van der Waals surface area contributed by atoms with Gasteiger partial charge in [-0.3, -0.25) is 0 Å². The summed E-state index contributed by atoms with van der Waals surface area (Å²) >= 11 is 3.44. The number of oxazole rings is 1. The van der Waals surface area contributed by atoms with Crippen LogP contribution in [0.15, 0.2) is 27.1 Å². The van der Waals surface area contributed by atoms with Crippen molar-refractivity contribution < 1.29 is 19.1 Å². The van der Waals surface area contributed by atoms with E-state index in [-0.39, 0.29) is 17.5 Å². The van der Waals surface area contributed by atoms with Crippen molar-refractivity contribution in [3.63, 3.8) is 0 Å². The van der Waals surface area contributed by atoms with Crippen LogP contribution in [-0.4, -0.2) is 22.7 Å². The molecule has 0 fully saturated rings. The van der Waals surface area contributed by atoms with E-state index in [4.69, 9.17) is 14.3 Å². The van der Waals surface area contributed by atoms with Gasteiger partial charge in [0, 0.05) is 4.47 Å². The quantitative estimate of drug-likeness (QED) is 0.931. The molecule has 5 nitrogen and oxygen atoms in total. The number of carbonyl (C=O) groups is 1. The molecule has 1 heterocycles. The molecule has 0 atom stereocenters. The Kier molecular flexibility index (Phi) is 3.90. The average molecular weight is 326 g/mol. The molecule has 1 aromatic carbocycles.